The summed E-state index contributed by atoms with van der Waals surface area (Å²) in [4.78, 5) is 24.3. The zero-order valence-corrected chi connectivity index (χ0v) is 12.3. The van der Waals surface area contributed by atoms with E-state index in [1.165, 1.54) is 11.0 Å². The lowest BCUT2D eigenvalue weighted by atomic mass is 10.1. The third-order valence-corrected chi connectivity index (χ3v) is 3.06. The van der Waals surface area contributed by atoms with Crippen LogP contribution in [-0.2, 0) is 4.79 Å². The van der Waals surface area contributed by atoms with Gasteiger partial charge >= 0.3 is 5.97 Å². The van der Waals surface area contributed by atoms with Gasteiger partial charge in [0.25, 0.3) is 5.91 Å². The summed E-state index contributed by atoms with van der Waals surface area (Å²) in [5, 5.41) is 18.4. The molecule has 0 aliphatic carbocycles. The zero-order chi connectivity index (χ0) is 14.6. The zero-order valence-electron chi connectivity index (χ0n) is 10.8. The monoisotopic (exact) mass is 329 g/mol. The molecule has 6 heteroatoms. The van der Waals surface area contributed by atoms with E-state index in [0.717, 1.165) is 0 Å². The second kappa shape index (κ2) is 6.56. The molecule has 19 heavy (non-hydrogen) atoms. The van der Waals surface area contributed by atoms with Gasteiger partial charge in [0.05, 0.1) is 4.47 Å². The maximum atomic E-state index is 12.2. The number of aliphatic carboxylic acids is 1. The number of rotatable bonds is 5. The molecule has 2 N–H and O–H groups in total. The number of carbonyl (C=O) groups is 2. The lowest BCUT2D eigenvalue weighted by molar-refractivity contribution is -0.137. The van der Waals surface area contributed by atoms with Crippen LogP contribution in [0, 0.1) is 5.92 Å². The third kappa shape index (κ3) is 4.55. The summed E-state index contributed by atoms with van der Waals surface area (Å²) in [5.41, 5.74) is 0.266. The van der Waals surface area contributed by atoms with Crippen molar-refractivity contribution in [3.8, 4) is 5.75 Å². The lowest BCUT2D eigenvalue weighted by Crippen LogP contribution is -2.38. The van der Waals surface area contributed by atoms with E-state index in [0.29, 0.717) is 11.0 Å². The van der Waals surface area contributed by atoms with Gasteiger partial charge in [0.15, 0.2) is 0 Å². The first-order valence-electron chi connectivity index (χ1n) is 5.81. The maximum Gasteiger partial charge on any atom is 0.323 e. The summed E-state index contributed by atoms with van der Waals surface area (Å²) in [6, 6.07) is 4.42. The van der Waals surface area contributed by atoms with Gasteiger partial charge in [-0.15, -0.1) is 0 Å². The largest absolute Gasteiger partial charge is 0.507 e. The molecule has 1 aromatic carbocycles. The molecule has 0 radical (unpaired) electrons. The Balaban J connectivity index is 2.97. The Morgan fingerprint density at radius 1 is 1.37 bits per heavy atom. The molecular formula is C13H16BrNO4. The summed E-state index contributed by atoms with van der Waals surface area (Å²) in [6.45, 7) is 3.80. The molecule has 0 saturated heterocycles. The average molecular weight is 330 g/mol. The average Bonchev–Trinajstić information content (AvgIpc) is 2.29. The third-order valence-electron chi connectivity index (χ3n) is 2.39. The van der Waals surface area contributed by atoms with Crippen molar-refractivity contribution in [2.45, 2.75) is 13.8 Å². The topological polar surface area (TPSA) is 77.8 Å². The number of aromatic hydroxyl groups is 1. The Kier molecular flexibility index (Phi) is 5.35. The molecule has 0 aliphatic rings. The van der Waals surface area contributed by atoms with Crippen LogP contribution in [0.15, 0.2) is 22.7 Å². The van der Waals surface area contributed by atoms with E-state index < -0.39 is 11.9 Å². The highest BCUT2D eigenvalue weighted by molar-refractivity contribution is 9.10. The van der Waals surface area contributed by atoms with Gasteiger partial charge in [0, 0.05) is 12.1 Å². The van der Waals surface area contributed by atoms with E-state index >= 15 is 0 Å². The van der Waals surface area contributed by atoms with Crippen molar-refractivity contribution in [2.75, 3.05) is 13.1 Å². The summed E-state index contributed by atoms with van der Waals surface area (Å²) in [5.74, 6) is -1.35. The van der Waals surface area contributed by atoms with Crippen LogP contribution in [0.2, 0.25) is 0 Å². The number of benzene rings is 1. The molecule has 0 spiro atoms. The van der Waals surface area contributed by atoms with Crippen LogP contribution in [0.1, 0.15) is 24.2 Å². The fraction of sp³-hybridized carbons (Fsp3) is 0.385. The van der Waals surface area contributed by atoms with Crippen molar-refractivity contribution >= 4 is 27.8 Å². The van der Waals surface area contributed by atoms with E-state index in [2.05, 4.69) is 15.9 Å². The number of carboxylic acids is 1. The van der Waals surface area contributed by atoms with Crippen LogP contribution in [0.4, 0.5) is 0 Å². The van der Waals surface area contributed by atoms with Crippen LogP contribution < -0.4 is 0 Å². The van der Waals surface area contributed by atoms with Gasteiger partial charge in [0.1, 0.15) is 12.3 Å². The summed E-state index contributed by atoms with van der Waals surface area (Å²) in [6.07, 6.45) is 0. The molecule has 0 unspecified atom stereocenters. The van der Waals surface area contributed by atoms with Crippen LogP contribution >= 0.6 is 15.9 Å². The number of carboxylic acid groups (broad SMARTS) is 1. The minimum Gasteiger partial charge on any atom is -0.507 e. The quantitative estimate of drug-likeness (QED) is 0.869. The number of hydrogen-bond acceptors (Lipinski definition) is 3. The van der Waals surface area contributed by atoms with Crippen LogP contribution in [-0.4, -0.2) is 40.1 Å². The van der Waals surface area contributed by atoms with Gasteiger partial charge in [-0.3, -0.25) is 9.59 Å². The van der Waals surface area contributed by atoms with E-state index in [1.54, 1.807) is 12.1 Å². The highest BCUT2D eigenvalue weighted by Gasteiger charge is 2.20. The Morgan fingerprint density at radius 3 is 2.47 bits per heavy atom. The smallest absolute Gasteiger partial charge is 0.323 e. The van der Waals surface area contributed by atoms with Crippen molar-refractivity contribution in [2.24, 2.45) is 5.92 Å². The molecule has 0 saturated carbocycles. The van der Waals surface area contributed by atoms with E-state index in [1.807, 2.05) is 13.8 Å². The van der Waals surface area contributed by atoms with Gasteiger partial charge in [-0.05, 0) is 40.0 Å². The van der Waals surface area contributed by atoms with Crippen molar-refractivity contribution in [1.82, 2.24) is 4.90 Å². The first-order chi connectivity index (χ1) is 8.81. The second-order valence-electron chi connectivity index (χ2n) is 4.64. The van der Waals surface area contributed by atoms with Crippen LogP contribution in [0.25, 0.3) is 0 Å². The van der Waals surface area contributed by atoms with Gasteiger partial charge in [0.2, 0.25) is 0 Å². The number of halogens is 1. The summed E-state index contributed by atoms with van der Waals surface area (Å²) >= 11 is 3.13. The predicted octanol–water partition coefficient (Wildman–Crippen LogP) is 2.34. The number of carbonyl (C=O) groups excluding carboxylic acids is 1. The lowest BCUT2D eigenvalue weighted by Gasteiger charge is -2.22. The SMILES string of the molecule is CC(C)CN(CC(=O)O)C(=O)c1ccc(Br)c(O)c1. The fourth-order valence-corrected chi connectivity index (χ4v) is 1.90. The molecule has 0 bridgehead atoms. The molecule has 0 heterocycles. The van der Waals surface area contributed by atoms with E-state index in [4.69, 9.17) is 5.11 Å². The number of nitrogens with zero attached hydrogens (tertiary/aromatic N) is 1. The van der Waals surface area contributed by atoms with Crippen molar-refractivity contribution in [3.05, 3.63) is 28.2 Å². The normalized spacial score (nSPS) is 10.5. The van der Waals surface area contributed by atoms with E-state index in [9.17, 15) is 14.7 Å². The number of hydrogen-bond donors (Lipinski definition) is 2. The van der Waals surface area contributed by atoms with E-state index in [-0.39, 0.29) is 23.8 Å². The molecule has 0 atom stereocenters. The highest BCUT2D eigenvalue weighted by atomic mass is 79.9. The maximum absolute atomic E-state index is 12.2. The number of phenols is 1. The first kappa shape index (κ1) is 15.5. The molecule has 104 valence electrons. The van der Waals surface area contributed by atoms with Crippen molar-refractivity contribution in [1.29, 1.82) is 0 Å². The van der Waals surface area contributed by atoms with Crippen LogP contribution in [0.3, 0.4) is 0 Å². The Bertz CT molecular complexity index is 488. The predicted molar refractivity (Wildman–Crippen MR) is 74.2 cm³/mol. The van der Waals surface area contributed by atoms with Gasteiger partial charge in [-0.2, -0.15) is 0 Å². The molecular weight excluding hydrogens is 314 g/mol. The molecule has 5 nitrogen and oxygen atoms in total. The summed E-state index contributed by atoms with van der Waals surface area (Å²) < 4.78 is 0.484. The standard InChI is InChI=1S/C13H16BrNO4/c1-8(2)6-15(7-12(17)18)13(19)9-3-4-10(14)11(16)5-9/h3-5,8,16H,6-7H2,1-2H3,(H,17,18). The van der Waals surface area contributed by atoms with Crippen molar-refractivity contribution < 1.29 is 19.8 Å². The second-order valence-corrected chi connectivity index (χ2v) is 5.49. The summed E-state index contributed by atoms with van der Waals surface area (Å²) in [7, 11) is 0. The number of amides is 1. The van der Waals surface area contributed by atoms with Gasteiger partial charge in [-0.1, -0.05) is 13.8 Å². The molecule has 1 aromatic rings. The molecule has 0 aliphatic heterocycles. The Hall–Kier alpha value is -1.56. The molecule has 0 aromatic heterocycles. The van der Waals surface area contributed by atoms with Crippen LogP contribution in [0.5, 0.6) is 5.75 Å². The van der Waals surface area contributed by atoms with Gasteiger partial charge < -0.3 is 15.1 Å². The molecule has 1 amide bonds. The minimum atomic E-state index is -1.06. The Morgan fingerprint density at radius 2 is 2.00 bits per heavy atom. The van der Waals surface area contributed by atoms with Crippen molar-refractivity contribution in [3.63, 3.8) is 0 Å². The Labute approximate surface area is 120 Å². The highest BCUT2D eigenvalue weighted by Crippen LogP contribution is 2.25. The number of phenolic OH excluding ortho intramolecular Hbond substituents is 1. The molecule has 1 rings (SSSR count). The van der Waals surface area contributed by atoms with Gasteiger partial charge in [-0.25, -0.2) is 0 Å². The fourth-order valence-electron chi connectivity index (χ4n) is 1.65. The minimum absolute atomic E-state index is 0.0503. The first-order valence-corrected chi connectivity index (χ1v) is 6.60. The molecule has 0 fully saturated rings.